The van der Waals surface area contributed by atoms with E-state index in [1.807, 2.05) is 0 Å². The van der Waals surface area contributed by atoms with Gasteiger partial charge in [-0.3, -0.25) is 0 Å². The van der Waals surface area contributed by atoms with E-state index in [-0.39, 0.29) is 0 Å². The van der Waals surface area contributed by atoms with Crippen LogP contribution in [0.2, 0.25) is 0 Å². The first-order valence-electron chi connectivity index (χ1n) is 6.38. The summed E-state index contributed by atoms with van der Waals surface area (Å²) in [6.07, 6.45) is 2.62. The maximum Gasteiger partial charge on any atom is 0.0438 e. The second-order valence-corrected chi connectivity index (χ2v) is 7.24. The molecule has 0 unspecified atom stereocenters. The Morgan fingerprint density at radius 2 is 1.65 bits per heavy atom. The Labute approximate surface area is 112 Å². The van der Waals surface area contributed by atoms with Crippen LogP contribution in [0.3, 0.4) is 0 Å². The van der Waals surface area contributed by atoms with Crippen LogP contribution in [0, 0.1) is 0 Å². The van der Waals surface area contributed by atoms with Gasteiger partial charge in [-0.1, -0.05) is 30.3 Å². The predicted molar refractivity (Wildman–Crippen MR) is 78.9 cm³/mol. The molecule has 0 radical (unpaired) electrons. The van der Waals surface area contributed by atoms with Crippen LogP contribution in [0.15, 0.2) is 30.3 Å². The molecule has 0 spiro atoms. The van der Waals surface area contributed by atoms with E-state index >= 15 is 0 Å². The van der Waals surface area contributed by atoms with Gasteiger partial charge in [0.05, 0.1) is 0 Å². The van der Waals surface area contributed by atoms with Crippen LogP contribution >= 0.6 is 23.5 Å². The van der Waals surface area contributed by atoms with Crippen LogP contribution in [-0.4, -0.2) is 29.1 Å². The van der Waals surface area contributed by atoms with Crippen molar-refractivity contribution in [1.82, 2.24) is 5.32 Å². The Morgan fingerprint density at radius 1 is 1.00 bits per heavy atom. The molecule has 1 aliphatic heterocycles. The van der Waals surface area contributed by atoms with Gasteiger partial charge in [-0.25, -0.2) is 0 Å². The molecule has 1 aromatic carbocycles. The van der Waals surface area contributed by atoms with E-state index in [0.717, 1.165) is 0 Å². The van der Waals surface area contributed by atoms with E-state index in [0.29, 0.717) is 11.6 Å². The zero-order chi connectivity index (χ0) is 11.6. The molecule has 0 amide bonds. The molecule has 1 aromatic rings. The third-order valence-electron chi connectivity index (χ3n) is 3.57. The molecule has 0 bridgehead atoms. The van der Waals surface area contributed by atoms with E-state index < -0.39 is 0 Å². The van der Waals surface area contributed by atoms with Gasteiger partial charge in [0.1, 0.15) is 0 Å². The molecule has 1 nitrogen and oxygen atoms in total. The SMILES string of the molecule is c1ccc(C2(NC3CSCCSC3)CC2)cc1. The molecule has 3 rings (SSSR count). The highest BCUT2D eigenvalue weighted by Gasteiger charge is 2.45. The maximum absolute atomic E-state index is 3.92. The average Bonchev–Trinajstić information content (AvgIpc) is 3.17. The number of hydrogen-bond donors (Lipinski definition) is 1. The van der Waals surface area contributed by atoms with E-state index in [9.17, 15) is 0 Å². The van der Waals surface area contributed by atoms with Crippen molar-refractivity contribution >= 4 is 23.5 Å². The van der Waals surface area contributed by atoms with Gasteiger partial charge < -0.3 is 5.32 Å². The lowest BCUT2D eigenvalue weighted by Crippen LogP contribution is -2.41. The van der Waals surface area contributed by atoms with Gasteiger partial charge in [0.2, 0.25) is 0 Å². The van der Waals surface area contributed by atoms with Crippen LogP contribution in [0.5, 0.6) is 0 Å². The summed E-state index contributed by atoms with van der Waals surface area (Å²) in [6, 6.07) is 11.7. The molecule has 2 fully saturated rings. The first-order valence-corrected chi connectivity index (χ1v) is 8.69. The second kappa shape index (κ2) is 5.25. The zero-order valence-electron chi connectivity index (χ0n) is 10.0. The molecule has 1 N–H and O–H groups in total. The molecule has 17 heavy (non-hydrogen) atoms. The second-order valence-electron chi connectivity index (χ2n) is 4.94. The van der Waals surface area contributed by atoms with E-state index in [4.69, 9.17) is 0 Å². The standard InChI is InChI=1S/C14H19NS2/c1-2-4-12(5-3-1)14(6-7-14)15-13-10-16-8-9-17-11-13/h1-5,13,15H,6-11H2. The minimum absolute atomic E-state index is 0.317. The minimum atomic E-state index is 0.317. The normalized spacial score (nSPS) is 24.2. The fourth-order valence-electron chi connectivity index (χ4n) is 2.49. The highest BCUT2D eigenvalue weighted by Crippen LogP contribution is 2.46. The smallest absolute Gasteiger partial charge is 0.0438 e. The highest BCUT2D eigenvalue weighted by molar-refractivity contribution is 8.03. The summed E-state index contributed by atoms with van der Waals surface area (Å²) in [5.41, 5.74) is 1.80. The van der Waals surface area contributed by atoms with Crippen molar-refractivity contribution in [3.8, 4) is 0 Å². The van der Waals surface area contributed by atoms with E-state index in [1.54, 1.807) is 0 Å². The van der Waals surface area contributed by atoms with E-state index in [2.05, 4.69) is 59.2 Å². The van der Waals surface area contributed by atoms with Gasteiger partial charge in [0, 0.05) is 34.6 Å². The Hall–Kier alpha value is -0.120. The predicted octanol–water partition coefficient (Wildman–Crippen LogP) is 3.11. The first kappa shape index (κ1) is 11.9. The number of thioether (sulfide) groups is 2. The third kappa shape index (κ3) is 2.83. The molecule has 3 heteroatoms. The minimum Gasteiger partial charge on any atom is -0.303 e. The first-order chi connectivity index (χ1) is 8.39. The van der Waals surface area contributed by atoms with Crippen molar-refractivity contribution in [3.63, 3.8) is 0 Å². The van der Waals surface area contributed by atoms with Gasteiger partial charge in [-0.2, -0.15) is 23.5 Å². The van der Waals surface area contributed by atoms with Crippen LogP contribution in [0.4, 0.5) is 0 Å². The monoisotopic (exact) mass is 265 g/mol. The number of rotatable bonds is 3. The molecule has 0 aromatic heterocycles. The molecule has 1 saturated carbocycles. The van der Waals surface area contributed by atoms with Crippen molar-refractivity contribution in [1.29, 1.82) is 0 Å². The summed E-state index contributed by atoms with van der Waals surface area (Å²) in [6.45, 7) is 0. The summed E-state index contributed by atoms with van der Waals surface area (Å²) < 4.78 is 0. The van der Waals surface area contributed by atoms with Crippen LogP contribution in [-0.2, 0) is 5.54 Å². The third-order valence-corrected chi connectivity index (χ3v) is 6.09. The summed E-state index contributed by atoms with van der Waals surface area (Å²) >= 11 is 4.21. The molecule has 1 heterocycles. The Kier molecular flexibility index (Phi) is 3.69. The van der Waals surface area contributed by atoms with Crippen molar-refractivity contribution in [3.05, 3.63) is 35.9 Å². The van der Waals surface area contributed by atoms with Crippen molar-refractivity contribution in [2.75, 3.05) is 23.0 Å². The van der Waals surface area contributed by atoms with Gasteiger partial charge in [0.15, 0.2) is 0 Å². The molecule has 1 saturated heterocycles. The summed E-state index contributed by atoms with van der Waals surface area (Å²) in [5.74, 6) is 5.20. The molecular weight excluding hydrogens is 246 g/mol. The molecular formula is C14H19NS2. The maximum atomic E-state index is 3.92. The van der Waals surface area contributed by atoms with Crippen molar-refractivity contribution in [2.24, 2.45) is 0 Å². The van der Waals surface area contributed by atoms with Gasteiger partial charge >= 0.3 is 0 Å². The lowest BCUT2D eigenvalue weighted by Gasteiger charge is -2.24. The number of benzene rings is 1. The Balaban J connectivity index is 1.68. The largest absolute Gasteiger partial charge is 0.303 e. The van der Waals surface area contributed by atoms with Gasteiger partial charge in [-0.05, 0) is 18.4 Å². The van der Waals surface area contributed by atoms with Crippen LogP contribution in [0.1, 0.15) is 18.4 Å². The zero-order valence-corrected chi connectivity index (χ0v) is 11.7. The molecule has 92 valence electrons. The highest BCUT2D eigenvalue weighted by atomic mass is 32.2. The lowest BCUT2D eigenvalue weighted by atomic mass is 10.0. The lowest BCUT2D eigenvalue weighted by molar-refractivity contribution is 0.470. The topological polar surface area (TPSA) is 12.0 Å². The molecule has 1 aliphatic carbocycles. The van der Waals surface area contributed by atoms with E-state index in [1.165, 1.54) is 41.4 Å². The fourth-order valence-corrected chi connectivity index (χ4v) is 4.89. The van der Waals surface area contributed by atoms with Crippen molar-refractivity contribution < 1.29 is 0 Å². The molecule has 0 atom stereocenters. The fraction of sp³-hybridized carbons (Fsp3) is 0.571. The summed E-state index contributed by atoms with van der Waals surface area (Å²) in [5, 5.41) is 3.92. The number of hydrogen-bond acceptors (Lipinski definition) is 3. The number of nitrogens with one attached hydrogen (secondary N) is 1. The molecule has 2 aliphatic rings. The Bertz CT molecular complexity index is 354. The van der Waals surface area contributed by atoms with Crippen molar-refractivity contribution in [2.45, 2.75) is 24.4 Å². The van der Waals surface area contributed by atoms with Crippen LogP contribution in [0.25, 0.3) is 0 Å². The summed E-state index contributed by atoms with van der Waals surface area (Å²) in [4.78, 5) is 0. The van der Waals surface area contributed by atoms with Gasteiger partial charge in [-0.15, -0.1) is 0 Å². The van der Waals surface area contributed by atoms with Gasteiger partial charge in [0.25, 0.3) is 0 Å². The Morgan fingerprint density at radius 3 is 2.24 bits per heavy atom. The quantitative estimate of drug-likeness (QED) is 0.902. The average molecular weight is 265 g/mol. The van der Waals surface area contributed by atoms with Crippen LogP contribution < -0.4 is 5.32 Å². The summed E-state index contributed by atoms with van der Waals surface area (Å²) in [7, 11) is 0.